The van der Waals surface area contributed by atoms with Gasteiger partial charge in [-0.25, -0.2) is 9.97 Å². The first kappa shape index (κ1) is 17.3. The summed E-state index contributed by atoms with van der Waals surface area (Å²) < 4.78 is 42.9. The summed E-state index contributed by atoms with van der Waals surface area (Å²) in [5.74, 6) is -0.292. The Morgan fingerprint density at radius 3 is 2.52 bits per heavy atom. The number of aromatic nitrogens is 2. The standard InChI is InChI=1S/C15H13F3N2O2S/c1-2-22-13(21)9-23-14-19-7-11(8-20-14)10-4-3-5-12(6-10)15(16,17)18/h3-8H,2,9H2,1H3. The Morgan fingerprint density at radius 1 is 1.22 bits per heavy atom. The topological polar surface area (TPSA) is 52.1 Å². The molecule has 0 amide bonds. The molecule has 2 aromatic rings. The summed E-state index contributed by atoms with van der Waals surface area (Å²) in [5, 5.41) is 0.355. The fraction of sp³-hybridized carbons (Fsp3) is 0.267. The Kier molecular flexibility index (Phi) is 5.59. The number of alkyl halides is 3. The fourth-order valence-electron chi connectivity index (χ4n) is 1.74. The van der Waals surface area contributed by atoms with Crippen molar-refractivity contribution in [2.24, 2.45) is 0 Å². The average Bonchev–Trinajstić information content (AvgIpc) is 2.53. The van der Waals surface area contributed by atoms with E-state index in [-0.39, 0.29) is 11.7 Å². The summed E-state index contributed by atoms with van der Waals surface area (Å²) >= 11 is 1.10. The maximum absolute atomic E-state index is 12.7. The first-order chi connectivity index (χ1) is 10.9. The van der Waals surface area contributed by atoms with Crippen LogP contribution in [0.2, 0.25) is 0 Å². The van der Waals surface area contributed by atoms with Gasteiger partial charge in [0.05, 0.1) is 17.9 Å². The molecule has 1 aromatic heterocycles. The highest BCUT2D eigenvalue weighted by Gasteiger charge is 2.30. The Morgan fingerprint density at radius 2 is 1.91 bits per heavy atom. The van der Waals surface area contributed by atoms with Crippen molar-refractivity contribution in [2.75, 3.05) is 12.4 Å². The number of hydrogen-bond donors (Lipinski definition) is 0. The van der Waals surface area contributed by atoms with Crippen LogP contribution in [0, 0.1) is 0 Å². The molecule has 0 bridgehead atoms. The second-order valence-corrected chi connectivity index (χ2v) is 5.37. The van der Waals surface area contributed by atoms with E-state index in [1.54, 1.807) is 13.0 Å². The molecule has 4 nitrogen and oxygen atoms in total. The Balaban J connectivity index is 2.09. The molecule has 8 heteroatoms. The molecule has 0 unspecified atom stereocenters. The van der Waals surface area contributed by atoms with Gasteiger partial charge in [-0.1, -0.05) is 23.9 Å². The minimum absolute atomic E-state index is 0.0801. The van der Waals surface area contributed by atoms with Gasteiger partial charge in [0.25, 0.3) is 0 Å². The van der Waals surface area contributed by atoms with E-state index in [9.17, 15) is 18.0 Å². The maximum atomic E-state index is 12.7. The van der Waals surface area contributed by atoms with Gasteiger partial charge in [0.1, 0.15) is 0 Å². The van der Waals surface area contributed by atoms with Gasteiger partial charge < -0.3 is 4.74 Å². The zero-order valence-electron chi connectivity index (χ0n) is 12.1. The van der Waals surface area contributed by atoms with Gasteiger partial charge in [-0.05, 0) is 24.6 Å². The van der Waals surface area contributed by atoms with Crippen LogP contribution >= 0.6 is 11.8 Å². The van der Waals surface area contributed by atoms with Crippen LogP contribution in [0.15, 0.2) is 41.8 Å². The van der Waals surface area contributed by atoms with Gasteiger partial charge in [-0.15, -0.1) is 0 Å². The fourth-order valence-corrected chi connectivity index (χ4v) is 2.33. The second kappa shape index (κ2) is 7.45. The van der Waals surface area contributed by atoms with E-state index in [0.717, 1.165) is 23.9 Å². The van der Waals surface area contributed by atoms with Crippen molar-refractivity contribution in [1.29, 1.82) is 0 Å². The molecule has 0 saturated heterocycles. The van der Waals surface area contributed by atoms with E-state index < -0.39 is 11.7 Å². The highest BCUT2D eigenvalue weighted by Crippen LogP contribution is 2.32. The van der Waals surface area contributed by atoms with E-state index in [2.05, 4.69) is 9.97 Å². The molecule has 1 heterocycles. The summed E-state index contributed by atoms with van der Waals surface area (Å²) in [6, 6.07) is 4.94. The lowest BCUT2D eigenvalue weighted by atomic mass is 10.1. The summed E-state index contributed by atoms with van der Waals surface area (Å²) in [7, 11) is 0. The summed E-state index contributed by atoms with van der Waals surface area (Å²) in [4.78, 5) is 19.3. The first-order valence-corrected chi connectivity index (χ1v) is 7.67. The number of nitrogens with zero attached hydrogens (tertiary/aromatic N) is 2. The molecule has 0 fully saturated rings. The van der Waals surface area contributed by atoms with Gasteiger partial charge in [0, 0.05) is 18.0 Å². The van der Waals surface area contributed by atoms with Crippen molar-refractivity contribution >= 4 is 17.7 Å². The number of carbonyl (C=O) groups is 1. The molecule has 0 aliphatic heterocycles. The zero-order chi connectivity index (χ0) is 16.9. The predicted octanol–water partition coefficient (Wildman–Crippen LogP) is 3.82. The molecular formula is C15H13F3N2O2S. The number of esters is 1. The molecule has 0 spiro atoms. The smallest absolute Gasteiger partial charge is 0.416 e. The van der Waals surface area contributed by atoms with Crippen molar-refractivity contribution in [3.05, 3.63) is 42.2 Å². The third-order valence-corrected chi connectivity index (χ3v) is 3.62. The molecule has 122 valence electrons. The van der Waals surface area contributed by atoms with Crippen LogP contribution in [0.3, 0.4) is 0 Å². The largest absolute Gasteiger partial charge is 0.465 e. The van der Waals surface area contributed by atoms with E-state index in [1.807, 2.05) is 0 Å². The molecule has 0 atom stereocenters. The number of benzene rings is 1. The Bertz CT molecular complexity index is 675. The van der Waals surface area contributed by atoms with Crippen molar-refractivity contribution in [1.82, 2.24) is 9.97 Å². The maximum Gasteiger partial charge on any atom is 0.416 e. The molecule has 0 N–H and O–H groups in total. The zero-order valence-corrected chi connectivity index (χ0v) is 12.9. The number of rotatable bonds is 5. The minimum Gasteiger partial charge on any atom is -0.465 e. The molecule has 2 rings (SSSR count). The molecule has 0 aliphatic rings. The normalized spacial score (nSPS) is 11.3. The monoisotopic (exact) mass is 342 g/mol. The van der Waals surface area contributed by atoms with Crippen LogP contribution in [0.25, 0.3) is 11.1 Å². The van der Waals surface area contributed by atoms with Crippen LogP contribution in [0.5, 0.6) is 0 Å². The van der Waals surface area contributed by atoms with E-state index in [4.69, 9.17) is 4.74 Å². The van der Waals surface area contributed by atoms with Crippen LogP contribution < -0.4 is 0 Å². The van der Waals surface area contributed by atoms with Crippen molar-refractivity contribution in [3.8, 4) is 11.1 Å². The first-order valence-electron chi connectivity index (χ1n) is 6.68. The number of hydrogen-bond acceptors (Lipinski definition) is 5. The third-order valence-electron chi connectivity index (χ3n) is 2.78. The SMILES string of the molecule is CCOC(=O)CSc1ncc(-c2cccc(C(F)(F)F)c2)cn1. The van der Waals surface area contributed by atoms with Gasteiger partial charge >= 0.3 is 12.1 Å². The van der Waals surface area contributed by atoms with Crippen LogP contribution in [-0.2, 0) is 15.7 Å². The predicted molar refractivity (Wildman–Crippen MR) is 79.8 cm³/mol. The second-order valence-electron chi connectivity index (χ2n) is 4.43. The van der Waals surface area contributed by atoms with Crippen molar-refractivity contribution in [3.63, 3.8) is 0 Å². The number of thioether (sulfide) groups is 1. The summed E-state index contributed by atoms with van der Waals surface area (Å²) in [5.41, 5.74) is 0.120. The quantitative estimate of drug-likeness (QED) is 0.470. The van der Waals surface area contributed by atoms with E-state index in [1.165, 1.54) is 18.5 Å². The van der Waals surface area contributed by atoms with E-state index >= 15 is 0 Å². The number of halogens is 3. The lowest BCUT2D eigenvalue weighted by Gasteiger charge is -2.08. The molecular weight excluding hydrogens is 329 g/mol. The van der Waals surface area contributed by atoms with Gasteiger partial charge in [0.2, 0.25) is 0 Å². The number of carbonyl (C=O) groups excluding carboxylic acids is 1. The summed E-state index contributed by atoms with van der Waals surface area (Å²) in [6.07, 6.45) is -1.54. The third kappa shape index (κ3) is 4.95. The lowest BCUT2D eigenvalue weighted by Crippen LogP contribution is -2.07. The highest BCUT2D eigenvalue weighted by atomic mass is 32.2. The van der Waals surface area contributed by atoms with Crippen LogP contribution in [-0.4, -0.2) is 28.3 Å². The van der Waals surface area contributed by atoms with Gasteiger partial charge in [-0.2, -0.15) is 13.2 Å². The number of ether oxygens (including phenoxy) is 1. The minimum atomic E-state index is -4.40. The Hall–Kier alpha value is -2.09. The molecule has 0 radical (unpaired) electrons. The van der Waals surface area contributed by atoms with Gasteiger partial charge in [-0.3, -0.25) is 4.79 Å². The lowest BCUT2D eigenvalue weighted by molar-refractivity contribution is -0.140. The van der Waals surface area contributed by atoms with Gasteiger partial charge in [0.15, 0.2) is 5.16 Å². The summed E-state index contributed by atoms with van der Waals surface area (Å²) in [6.45, 7) is 2.01. The molecule has 0 saturated carbocycles. The van der Waals surface area contributed by atoms with Crippen LogP contribution in [0.1, 0.15) is 12.5 Å². The molecule has 1 aromatic carbocycles. The molecule has 0 aliphatic carbocycles. The van der Waals surface area contributed by atoms with Crippen LogP contribution in [0.4, 0.5) is 13.2 Å². The van der Waals surface area contributed by atoms with Crippen molar-refractivity contribution < 1.29 is 22.7 Å². The van der Waals surface area contributed by atoms with E-state index in [0.29, 0.717) is 22.9 Å². The Labute approximate surface area is 135 Å². The highest BCUT2D eigenvalue weighted by molar-refractivity contribution is 7.99. The van der Waals surface area contributed by atoms with Crippen molar-refractivity contribution in [2.45, 2.75) is 18.3 Å². The molecule has 23 heavy (non-hydrogen) atoms. The average molecular weight is 342 g/mol.